The second-order valence-electron chi connectivity index (χ2n) is 4.64. The zero-order valence-corrected chi connectivity index (χ0v) is 11.5. The Morgan fingerprint density at radius 3 is 2.79 bits per heavy atom. The molecule has 2 rings (SSSR count). The summed E-state index contributed by atoms with van der Waals surface area (Å²) >= 11 is 4.67. The van der Waals surface area contributed by atoms with E-state index in [1.807, 2.05) is 0 Å². The Hall–Kier alpha value is -1.27. The minimum absolute atomic E-state index is 0.0678. The van der Waals surface area contributed by atoms with Crippen molar-refractivity contribution in [3.05, 3.63) is 29.3 Å². The topological polar surface area (TPSA) is 38.5 Å². The number of nitrogens with two attached hydrogens (primary N) is 1. The van der Waals surface area contributed by atoms with Gasteiger partial charge < -0.3 is 15.4 Å². The molecular weight excluding hydrogens is 270 g/mol. The van der Waals surface area contributed by atoms with Crippen LogP contribution in [0.3, 0.4) is 0 Å². The van der Waals surface area contributed by atoms with Crippen molar-refractivity contribution in [2.45, 2.75) is 18.9 Å². The lowest BCUT2D eigenvalue weighted by atomic mass is 10.1. The molecule has 0 spiro atoms. The van der Waals surface area contributed by atoms with Crippen LogP contribution in [-0.2, 0) is 4.74 Å². The van der Waals surface area contributed by atoms with Crippen molar-refractivity contribution >= 4 is 22.9 Å². The van der Waals surface area contributed by atoms with Gasteiger partial charge in [0.15, 0.2) is 11.6 Å². The monoisotopic (exact) mass is 286 g/mol. The number of likely N-dealkylation sites (N-methyl/N-ethyl adjacent to an activating group) is 1. The molecule has 0 saturated carbocycles. The predicted molar refractivity (Wildman–Crippen MR) is 74.5 cm³/mol. The molecule has 1 fully saturated rings. The Labute approximate surface area is 116 Å². The third-order valence-electron chi connectivity index (χ3n) is 3.24. The van der Waals surface area contributed by atoms with Gasteiger partial charge in [0.05, 0.1) is 11.8 Å². The molecule has 104 valence electrons. The lowest BCUT2D eigenvalue weighted by molar-refractivity contribution is 0.116. The number of halogens is 2. The number of thiocarbonyl (C=S) groups is 1. The minimum Gasteiger partial charge on any atom is -0.389 e. The molecule has 6 heteroatoms. The number of hydrogen-bond acceptors (Lipinski definition) is 3. The van der Waals surface area contributed by atoms with Gasteiger partial charge >= 0.3 is 0 Å². The van der Waals surface area contributed by atoms with E-state index in [-0.39, 0.29) is 22.3 Å². The van der Waals surface area contributed by atoms with Gasteiger partial charge in [0.2, 0.25) is 0 Å². The van der Waals surface area contributed by atoms with Crippen LogP contribution >= 0.6 is 12.2 Å². The Morgan fingerprint density at radius 1 is 1.47 bits per heavy atom. The fourth-order valence-electron chi connectivity index (χ4n) is 2.22. The highest BCUT2D eigenvalue weighted by Gasteiger charge is 2.21. The summed E-state index contributed by atoms with van der Waals surface area (Å²) in [6.07, 6.45) is 2.03. The summed E-state index contributed by atoms with van der Waals surface area (Å²) in [7, 11) is 1.71. The van der Waals surface area contributed by atoms with Crippen molar-refractivity contribution in [2.24, 2.45) is 5.73 Å². The maximum Gasteiger partial charge on any atom is 0.182 e. The number of nitrogens with zero attached hydrogens (tertiary/aromatic N) is 1. The molecule has 1 unspecified atom stereocenters. The zero-order valence-electron chi connectivity index (χ0n) is 10.7. The summed E-state index contributed by atoms with van der Waals surface area (Å²) in [6.45, 7) is 1.26. The Balaban J connectivity index is 2.19. The summed E-state index contributed by atoms with van der Waals surface area (Å²) in [5.41, 5.74) is 5.45. The van der Waals surface area contributed by atoms with Crippen molar-refractivity contribution in [1.29, 1.82) is 0 Å². The van der Waals surface area contributed by atoms with E-state index in [2.05, 4.69) is 12.2 Å². The van der Waals surface area contributed by atoms with Gasteiger partial charge in [-0.15, -0.1) is 0 Å². The minimum atomic E-state index is -0.996. The average molecular weight is 286 g/mol. The molecule has 1 aliphatic rings. The summed E-state index contributed by atoms with van der Waals surface area (Å²) in [4.78, 5) is 1.50. The number of rotatable bonds is 4. The van der Waals surface area contributed by atoms with Crippen molar-refractivity contribution in [2.75, 3.05) is 25.1 Å². The standard InChI is InChI=1S/C13H16F2N2OS/c1-17(7-8-3-2-6-18-8)10-5-4-9(13(16)19)11(14)12(10)15/h4-5,8H,2-3,6-7H2,1H3,(H2,16,19). The third-order valence-corrected chi connectivity index (χ3v) is 3.46. The molecule has 3 nitrogen and oxygen atoms in total. The van der Waals surface area contributed by atoms with Crippen molar-refractivity contribution in [3.8, 4) is 0 Å². The van der Waals surface area contributed by atoms with E-state index in [1.165, 1.54) is 12.1 Å². The molecule has 1 aromatic carbocycles. The average Bonchev–Trinajstić information content (AvgIpc) is 2.84. The smallest absolute Gasteiger partial charge is 0.182 e. The van der Waals surface area contributed by atoms with E-state index >= 15 is 0 Å². The van der Waals surface area contributed by atoms with E-state index in [0.29, 0.717) is 6.54 Å². The molecular formula is C13H16F2N2OS. The van der Waals surface area contributed by atoms with Crippen LogP contribution in [0.25, 0.3) is 0 Å². The third kappa shape index (κ3) is 3.01. The summed E-state index contributed by atoms with van der Waals surface area (Å²) < 4.78 is 33.2. The fraction of sp³-hybridized carbons (Fsp3) is 0.462. The van der Waals surface area contributed by atoms with Crippen LogP contribution in [-0.4, -0.2) is 31.3 Å². The van der Waals surface area contributed by atoms with E-state index in [9.17, 15) is 8.78 Å². The molecule has 1 aromatic rings. The molecule has 1 saturated heterocycles. The Bertz CT molecular complexity index is 490. The van der Waals surface area contributed by atoms with Gasteiger partial charge in [-0.25, -0.2) is 8.78 Å². The highest BCUT2D eigenvalue weighted by molar-refractivity contribution is 7.80. The molecule has 2 N–H and O–H groups in total. The molecule has 0 amide bonds. The van der Waals surface area contributed by atoms with E-state index in [0.717, 1.165) is 19.4 Å². The van der Waals surface area contributed by atoms with Gasteiger partial charge in [0.25, 0.3) is 0 Å². The maximum atomic E-state index is 14.0. The predicted octanol–water partition coefficient (Wildman–Crippen LogP) is 2.21. The zero-order chi connectivity index (χ0) is 14.0. The molecule has 1 aliphatic heterocycles. The van der Waals surface area contributed by atoms with Gasteiger partial charge in [-0.1, -0.05) is 12.2 Å². The van der Waals surface area contributed by atoms with Gasteiger partial charge in [0.1, 0.15) is 4.99 Å². The first-order chi connectivity index (χ1) is 9.00. The number of anilines is 1. The normalized spacial score (nSPS) is 18.6. The Kier molecular flexibility index (Phi) is 4.31. The SMILES string of the molecule is CN(CC1CCCO1)c1ccc(C(N)=S)c(F)c1F. The van der Waals surface area contributed by atoms with Crippen molar-refractivity contribution < 1.29 is 13.5 Å². The second-order valence-corrected chi connectivity index (χ2v) is 5.08. The molecule has 1 atom stereocenters. The fourth-order valence-corrected chi connectivity index (χ4v) is 2.37. The quantitative estimate of drug-likeness (QED) is 0.861. The Morgan fingerprint density at radius 2 is 2.21 bits per heavy atom. The summed E-state index contributed by atoms with van der Waals surface area (Å²) in [5.74, 6) is -1.92. The largest absolute Gasteiger partial charge is 0.389 e. The lowest BCUT2D eigenvalue weighted by Gasteiger charge is -2.23. The number of benzene rings is 1. The van der Waals surface area contributed by atoms with Crippen LogP contribution in [0.4, 0.5) is 14.5 Å². The van der Waals surface area contributed by atoms with Crippen LogP contribution in [0.2, 0.25) is 0 Å². The van der Waals surface area contributed by atoms with E-state index in [1.54, 1.807) is 11.9 Å². The molecule has 0 aliphatic carbocycles. The molecule has 0 radical (unpaired) electrons. The van der Waals surface area contributed by atoms with Gasteiger partial charge in [0, 0.05) is 25.8 Å². The first kappa shape index (κ1) is 14.1. The second kappa shape index (κ2) is 5.79. The van der Waals surface area contributed by atoms with E-state index < -0.39 is 11.6 Å². The highest BCUT2D eigenvalue weighted by atomic mass is 32.1. The van der Waals surface area contributed by atoms with Crippen LogP contribution in [0.5, 0.6) is 0 Å². The summed E-state index contributed by atoms with van der Waals surface area (Å²) in [5, 5.41) is 0. The lowest BCUT2D eigenvalue weighted by Crippen LogP contribution is -2.29. The van der Waals surface area contributed by atoms with E-state index in [4.69, 9.17) is 10.5 Å². The number of ether oxygens (including phenoxy) is 1. The first-order valence-electron chi connectivity index (χ1n) is 6.11. The molecule has 19 heavy (non-hydrogen) atoms. The van der Waals surface area contributed by atoms with Crippen LogP contribution in [0.1, 0.15) is 18.4 Å². The molecule has 1 heterocycles. The van der Waals surface area contributed by atoms with Gasteiger partial charge in [-0.2, -0.15) is 0 Å². The van der Waals surface area contributed by atoms with Gasteiger partial charge in [-0.05, 0) is 25.0 Å². The highest BCUT2D eigenvalue weighted by Crippen LogP contribution is 2.25. The van der Waals surface area contributed by atoms with Crippen LogP contribution in [0, 0.1) is 11.6 Å². The van der Waals surface area contributed by atoms with Crippen molar-refractivity contribution in [3.63, 3.8) is 0 Å². The molecule has 0 aromatic heterocycles. The van der Waals surface area contributed by atoms with Crippen LogP contribution in [0.15, 0.2) is 12.1 Å². The maximum absolute atomic E-state index is 14.0. The first-order valence-corrected chi connectivity index (χ1v) is 6.52. The molecule has 0 bridgehead atoms. The van der Waals surface area contributed by atoms with Gasteiger partial charge in [-0.3, -0.25) is 0 Å². The van der Waals surface area contributed by atoms with Crippen LogP contribution < -0.4 is 10.6 Å². The summed E-state index contributed by atoms with van der Waals surface area (Å²) in [6, 6.07) is 2.89. The number of hydrogen-bond donors (Lipinski definition) is 1. The van der Waals surface area contributed by atoms with Crippen molar-refractivity contribution in [1.82, 2.24) is 0 Å².